The fourth-order valence-corrected chi connectivity index (χ4v) is 2.61. The predicted octanol–water partition coefficient (Wildman–Crippen LogP) is 2.57. The number of aromatic hydroxyl groups is 1. The fourth-order valence-electron chi connectivity index (χ4n) is 2.16. The zero-order valence-electron chi connectivity index (χ0n) is 9.22. The highest BCUT2D eigenvalue weighted by Gasteiger charge is 2.47. The van der Waals surface area contributed by atoms with Gasteiger partial charge in [0.1, 0.15) is 0 Å². The predicted molar refractivity (Wildman–Crippen MR) is 65.6 cm³/mol. The van der Waals surface area contributed by atoms with E-state index in [2.05, 4.69) is 15.9 Å². The second-order valence-corrected chi connectivity index (χ2v) is 5.18. The highest BCUT2D eigenvalue weighted by molar-refractivity contribution is 9.10. The van der Waals surface area contributed by atoms with E-state index in [9.17, 15) is 25.1 Å². The molecule has 1 aliphatic rings. The molecule has 1 saturated carbocycles. The highest BCUT2D eigenvalue weighted by atomic mass is 79.9. The van der Waals surface area contributed by atoms with E-state index >= 15 is 0 Å². The molecule has 0 amide bonds. The molecule has 7 heteroatoms. The lowest BCUT2D eigenvalue weighted by Crippen LogP contribution is -2.42. The van der Waals surface area contributed by atoms with Crippen LogP contribution in [0.1, 0.15) is 24.8 Å². The number of hydrogen-bond acceptors (Lipinski definition) is 4. The van der Waals surface area contributed by atoms with E-state index < -0.39 is 27.7 Å². The van der Waals surface area contributed by atoms with Gasteiger partial charge in [-0.1, -0.05) is 6.42 Å². The van der Waals surface area contributed by atoms with Crippen molar-refractivity contribution in [2.45, 2.75) is 24.7 Å². The SMILES string of the molecule is O=C(O)C1(c2cc(Br)c(O)c([N+](=O)[O-])c2)CCC1. The summed E-state index contributed by atoms with van der Waals surface area (Å²) in [6, 6.07) is 2.59. The van der Waals surface area contributed by atoms with Crippen molar-refractivity contribution >= 4 is 27.6 Å². The van der Waals surface area contributed by atoms with Gasteiger partial charge >= 0.3 is 11.7 Å². The lowest BCUT2D eigenvalue weighted by Gasteiger charge is -2.38. The molecule has 0 spiro atoms. The minimum Gasteiger partial charge on any atom is -0.501 e. The van der Waals surface area contributed by atoms with Crippen molar-refractivity contribution in [2.75, 3.05) is 0 Å². The van der Waals surface area contributed by atoms with Crippen LogP contribution in [0.2, 0.25) is 0 Å². The highest BCUT2D eigenvalue weighted by Crippen LogP contribution is 2.47. The van der Waals surface area contributed by atoms with Gasteiger partial charge in [0, 0.05) is 6.07 Å². The van der Waals surface area contributed by atoms with E-state index in [1.54, 1.807) is 0 Å². The fraction of sp³-hybridized carbons (Fsp3) is 0.364. The van der Waals surface area contributed by atoms with Crippen molar-refractivity contribution in [1.82, 2.24) is 0 Å². The molecule has 96 valence electrons. The van der Waals surface area contributed by atoms with E-state index in [4.69, 9.17) is 0 Å². The van der Waals surface area contributed by atoms with Gasteiger partial charge in [-0.05, 0) is 40.4 Å². The zero-order chi connectivity index (χ0) is 13.5. The van der Waals surface area contributed by atoms with Crippen LogP contribution in [0, 0.1) is 10.1 Å². The Bertz CT molecular complexity index is 538. The van der Waals surface area contributed by atoms with Crippen LogP contribution in [0.15, 0.2) is 16.6 Å². The molecule has 1 aromatic carbocycles. The van der Waals surface area contributed by atoms with Gasteiger partial charge < -0.3 is 10.2 Å². The van der Waals surface area contributed by atoms with E-state index in [1.807, 2.05) is 0 Å². The third-order valence-electron chi connectivity index (χ3n) is 3.41. The van der Waals surface area contributed by atoms with Crippen molar-refractivity contribution in [3.63, 3.8) is 0 Å². The number of nitro benzene ring substituents is 1. The standard InChI is InChI=1S/C11H10BrNO5/c12-7-4-6(5-8(9(7)14)13(17)18)11(10(15)16)2-1-3-11/h4-5,14H,1-3H2,(H,15,16). The molecule has 6 nitrogen and oxygen atoms in total. The summed E-state index contributed by atoms with van der Waals surface area (Å²) in [7, 11) is 0. The number of halogens is 1. The Hall–Kier alpha value is -1.63. The summed E-state index contributed by atoms with van der Waals surface area (Å²) in [5.41, 5.74) is -1.18. The van der Waals surface area contributed by atoms with E-state index in [1.165, 1.54) is 6.07 Å². The normalized spacial score (nSPS) is 16.9. The van der Waals surface area contributed by atoms with Gasteiger partial charge in [-0.3, -0.25) is 14.9 Å². The van der Waals surface area contributed by atoms with Crippen LogP contribution in [0.4, 0.5) is 5.69 Å². The molecular formula is C11H10BrNO5. The maximum absolute atomic E-state index is 11.3. The Kier molecular flexibility index (Phi) is 3.02. The second-order valence-electron chi connectivity index (χ2n) is 4.32. The topological polar surface area (TPSA) is 101 Å². The van der Waals surface area contributed by atoms with E-state index in [0.717, 1.165) is 12.5 Å². The number of carbonyl (C=O) groups is 1. The smallest absolute Gasteiger partial charge is 0.314 e. The first-order valence-electron chi connectivity index (χ1n) is 5.29. The first-order chi connectivity index (χ1) is 8.38. The lowest BCUT2D eigenvalue weighted by molar-refractivity contribution is -0.386. The molecule has 0 aliphatic heterocycles. The molecule has 0 bridgehead atoms. The van der Waals surface area contributed by atoms with Crippen LogP contribution in [-0.2, 0) is 10.2 Å². The minimum absolute atomic E-state index is 0.138. The average molecular weight is 316 g/mol. The summed E-state index contributed by atoms with van der Waals surface area (Å²) in [4.78, 5) is 21.4. The Balaban J connectivity index is 2.59. The van der Waals surface area contributed by atoms with E-state index in [-0.39, 0.29) is 4.47 Å². The molecule has 2 N–H and O–H groups in total. The maximum Gasteiger partial charge on any atom is 0.314 e. The largest absolute Gasteiger partial charge is 0.501 e. The molecule has 0 radical (unpaired) electrons. The van der Waals surface area contributed by atoms with Crippen LogP contribution in [0.3, 0.4) is 0 Å². The van der Waals surface area contributed by atoms with Crippen LogP contribution in [0.25, 0.3) is 0 Å². The molecule has 1 aliphatic carbocycles. The summed E-state index contributed by atoms with van der Waals surface area (Å²) in [6.45, 7) is 0. The lowest BCUT2D eigenvalue weighted by atomic mass is 9.64. The van der Waals surface area contributed by atoms with Crippen LogP contribution in [0.5, 0.6) is 5.75 Å². The molecular weight excluding hydrogens is 306 g/mol. The first kappa shape index (κ1) is 12.8. The van der Waals surface area contributed by atoms with Gasteiger partial charge in [-0.2, -0.15) is 0 Å². The Morgan fingerprint density at radius 3 is 2.44 bits per heavy atom. The number of carboxylic acid groups (broad SMARTS) is 1. The van der Waals surface area contributed by atoms with Gasteiger partial charge in [-0.15, -0.1) is 0 Å². The van der Waals surface area contributed by atoms with Crippen LogP contribution in [-0.4, -0.2) is 21.1 Å². The third kappa shape index (κ3) is 1.74. The van der Waals surface area contributed by atoms with Crippen LogP contribution >= 0.6 is 15.9 Å². The van der Waals surface area contributed by atoms with Crippen LogP contribution < -0.4 is 0 Å². The Morgan fingerprint density at radius 1 is 1.44 bits per heavy atom. The quantitative estimate of drug-likeness (QED) is 0.659. The van der Waals surface area contributed by atoms with Gasteiger partial charge in [0.15, 0.2) is 0 Å². The Labute approximate surface area is 111 Å². The summed E-state index contributed by atoms with van der Waals surface area (Å²) in [5, 5.41) is 29.6. The monoisotopic (exact) mass is 315 g/mol. The average Bonchev–Trinajstić information content (AvgIpc) is 2.20. The number of carboxylic acids is 1. The summed E-state index contributed by atoms with van der Waals surface area (Å²) in [5.74, 6) is -1.47. The van der Waals surface area contributed by atoms with Gasteiger partial charge in [0.25, 0.3) is 0 Å². The second kappa shape index (κ2) is 4.24. The molecule has 18 heavy (non-hydrogen) atoms. The minimum atomic E-state index is -1.05. The molecule has 0 unspecified atom stereocenters. The third-order valence-corrected chi connectivity index (χ3v) is 4.01. The number of aliphatic carboxylic acids is 1. The number of nitrogens with zero attached hydrogens (tertiary/aromatic N) is 1. The van der Waals surface area contributed by atoms with Crippen molar-refractivity contribution < 1.29 is 19.9 Å². The van der Waals surface area contributed by atoms with Gasteiger partial charge in [0.05, 0.1) is 14.8 Å². The Morgan fingerprint density at radius 2 is 2.06 bits per heavy atom. The maximum atomic E-state index is 11.3. The molecule has 1 aromatic rings. The number of benzene rings is 1. The van der Waals surface area contributed by atoms with Crippen molar-refractivity contribution in [2.24, 2.45) is 0 Å². The molecule has 2 rings (SSSR count). The van der Waals surface area contributed by atoms with Gasteiger partial charge in [-0.25, -0.2) is 0 Å². The zero-order valence-corrected chi connectivity index (χ0v) is 10.8. The van der Waals surface area contributed by atoms with Crippen molar-refractivity contribution in [3.8, 4) is 5.75 Å². The molecule has 0 atom stereocenters. The molecule has 0 heterocycles. The number of rotatable bonds is 3. The molecule has 1 fully saturated rings. The summed E-state index contributed by atoms with van der Waals surface area (Å²) in [6.07, 6.45) is 1.69. The van der Waals surface area contributed by atoms with Crippen molar-refractivity contribution in [3.05, 3.63) is 32.3 Å². The molecule has 0 aromatic heterocycles. The van der Waals surface area contributed by atoms with E-state index in [0.29, 0.717) is 18.4 Å². The number of nitro groups is 1. The number of phenolic OH excluding ortho intramolecular Hbond substituents is 1. The number of phenols is 1. The van der Waals surface area contributed by atoms with Crippen molar-refractivity contribution in [1.29, 1.82) is 0 Å². The first-order valence-corrected chi connectivity index (χ1v) is 6.08. The van der Waals surface area contributed by atoms with Gasteiger partial charge in [0.2, 0.25) is 5.75 Å². The molecule has 0 saturated heterocycles. The summed E-state index contributed by atoms with van der Waals surface area (Å²) >= 11 is 3.01. The number of hydrogen-bond donors (Lipinski definition) is 2. The summed E-state index contributed by atoms with van der Waals surface area (Å²) < 4.78 is 0.138.